The molecular weight excluding hydrogens is 394 g/mol. The fraction of sp³-hybridized carbons (Fsp3) is 0.579. The summed E-state index contributed by atoms with van der Waals surface area (Å²) >= 11 is 0. The van der Waals surface area contributed by atoms with E-state index in [4.69, 9.17) is 5.73 Å². The molecular formula is C19H29N5O4S. The van der Waals surface area contributed by atoms with E-state index in [-0.39, 0.29) is 23.3 Å². The van der Waals surface area contributed by atoms with E-state index in [9.17, 15) is 18.0 Å². The largest absolute Gasteiger partial charge is 0.339 e. The van der Waals surface area contributed by atoms with Crippen molar-refractivity contribution in [1.82, 2.24) is 14.1 Å². The average Bonchev–Trinajstić information content (AvgIpc) is 3.15. The van der Waals surface area contributed by atoms with Crippen LogP contribution in [0.1, 0.15) is 12.8 Å². The van der Waals surface area contributed by atoms with Gasteiger partial charge in [-0.1, -0.05) is 6.07 Å². The van der Waals surface area contributed by atoms with Gasteiger partial charge in [-0.2, -0.15) is 4.31 Å². The number of amides is 2. The number of carbonyl (C=O) groups is 2. The molecule has 1 unspecified atom stereocenters. The Hall–Kier alpha value is -2.01. The van der Waals surface area contributed by atoms with Crippen LogP contribution in [0, 0.1) is 0 Å². The fourth-order valence-corrected chi connectivity index (χ4v) is 5.07. The Kier molecular flexibility index (Phi) is 6.57. The van der Waals surface area contributed by atoms with Gasteiger partial charge in [-0.15, -0.1) is 0 Å². The Balaban J connectivity index is 1.82. The van der Waals surface area contributed by atoms with E-state index in [1.54, 1.807) is 21.9 Å². The minimum atomic E-state index is -3.96. The molecule has 1 aromatic carbocycles. The number of hydrogen-bond acceptors (Lipinski definition) is 6. The summed E-state index contributed by atoms with van der Waals surface area (Å²) in [5.74, 6) is -0.296. The van der Waals surface area contributed by atoms with Gasteiger partial charge in [0.15, 0.2) is 0 Å². The quantitative estimate of drug-likeness (QED) is 0.663. The first kappa shape index (κ1) is 21.7. The molecule has 0 radical (unpaired) electrons. The van der Waals surface area contributed by atoms with E-state index in [0.29, 0.717) is 31.7 Å². The van der Waals surface area contributed by atoms with E-state index < -0.39 is 16.1 Å². The smallest absolute Gasteiger partial charge is 0.243 e. The third kappa shape index (κ3) is 4.45. The van der Waals surface area contributed by atoms with Crippen LogP contribution >= 0.6 is 0 Å². The van der Waals surface area contributed by atoms with E-state index in [0.717, 1.165) is 23.8 Å². The lowest BCUT2D eigenvalue weighted by Gasteiger charge is -2.36. The molecule has 0 bridgehead atoms. The zero-order valence-electron chi connectivity index (χ0n) is 17.0. The maximum absolute atomic E-state index is 13.2. The van der Waals surface area contributed by atoms with Gasteiger partial charge >= 0.3 is 0 Å². The Morgan fingerprint density at radius 2 is 1.90 bits per heavy atom. The standard InChI is InChI=1S/C19H29N5O4S/c1-21-9-11-23(12-10-21)19(26)17(14-20)22(2)29(27,28)16-6-3-5-15(13-16)24-8-4-7-18(24)25/h3,5-6,13,17H,4,7-12,14,20H2,1-2H3. The van der Waals surface area contributed by atoms with E-state index >= 15 is 0 Å². The maximum Gasteiger partial charge on any atom is 0.243 e. The van der Waals surface area contributed by atoms with Crippen molar-refractivity contribution < 1.29 is 18.0 Å². The van der Waals surface area contributed by atoms with Crippen LogP contribution in [0.2, 0.25) is 0 Å². The highest BCUT2D eigenvalue weighted by atomic mass is 32.2. The molecule has 1 aromatic rings. The van der Waals surface area contributed by atoms with Gasteiger partial charge in [-0.25, -0.2) is 8.42 Å². The summed E-state index contributed by atoms with van der Waals surface area (Å²) in [6.07, 6.45) is 1.22. The van der Waals surface area contributed by atoms with Gasteiger partial charge in [-0.3, -0.25) is 9.59 Å². The predicted molar refractivity (Wildman–Crippen MR) is 110 cm³/mol. The summed E-state index contributed by atoms with van der Waals surface area (Å²) in [5.41, 5.74) is 6.37. The third-order valence-electron chi connectivity index (χ3n) is 5.64. The van der Waals surface area contributed by atoms with Crippen LogP contribution in [0.5, 0.6) is 0 Å². The number of likely N-dealkylation sites (N-methyl/N-ethyl adjacent to an activating group) is 2. The summed E-state index contributed by atoms with van der Waals surface area (Å²) in [6.45, 7) is 3.05. The molecule has 2 N–H and O–H groups in total. The van der Waals surface area contributed by atoms with Crippen molar-refractivity contribution in [1.29, 1.82) is 0 Å². The minimum absolute atomic E-state index is 0.0158. The third-order valence-corrected chi connectivity index (χ3v) is 7.50. The first-order valence-electron chi connectivity index (χ1n) is 9.81. The molecule has 0 saturated carbocycles. The SMILES string of the molecule is CN1CCN(C(=O)C(CN)N(C)S(=O)(=O)c2cccc(N3CCCC3=O)c2)CC1. The molecule has 10 heteroatoms. The summed E-state index contributed by atoms with van der Waals surface area (Å²) in [5, 5.41) is 0. The van der Waals surface area contributed by atoms with Crippen LogP contribution in [0.4, 0.5) is 5.69 Å². The molecule has 2 aliphatic heterocycles. The van der Waals surface area contributed by atoms with Gasteiger partial charge in [-0.05, 0) is 31.7 Å². The summed E-state index contributed by atoms with van der Waals surface area (Å²) < 4.78 is 27.5. The zero-order chi connectivity index (χ0) is 21.2. The van der Waals surface area contributed by atoms with Gasteiger partial charge in [0.05, 0.1) is 4.90 Å². The van der Waals surface area contributed by atoms with Crippen LogP contribution in [0.3, 0.4) is 0 Å². The fourth-order valence-electron chi connectivity index (χ4n) is 3.71. The normalized spacial score (nSPS) is 19.8. The molecule has 160 valence electrons. The number of anilines is 1. The van der Waals surface area contributed by atoms with Crippen molar-refractivity contribution in [2.45, 2.75) is 23.8 Å². The highest BCUT2D eigenvalue weighted by molar-refractivity contribution is 7.89. The molecule has 2 saturated heterocycles. The van der Waals surface area contributed by atoms with Crippen molar-refractivity contribution >= 4 is 27.5 Å². The second-order valence-electron chi connectivity index (χ2n) is 7.55. The number of nitrogens with two attached hydrogens (primary N) is 1. The molecule has 0 aromatic heterocycles. The Bertz CT molecular complexity index is 867. The number of nitrogens with zero attached hydrogens (tertiary/aromatic N) is 4. The molecule has 2 aliphatic rings. The summed E-state index contributed by atoms with van der Waals surface area (Å²) in [4.78, 5) is 30.4. The molecule has 9 nitrogen and oxygen atoms in total. The Morgan fingerprint density at radius 1 is 1.21 bits per heavy atom. The zero-order valence-corrected chi connectivity index (χ0v) is 17.8. The second-order valence-corrected chi connectivity index (χ2v) is 9.55. The van der Waals surface area contributed by atoms with Crippen molar-refractivity contribution in [3.8, 4) is 0 Å². The van der Waals surface area contributed by atoms with E-state index in [1.165, 1.54) is 19.2 Å². The maximum atomic E-state index is 13.2. The number of sulfonamides is 1. The molecule has 2 fully saturated rings. The van der Waals surface area contributed by atoms with E-state index in [1.807, 2.05) is 7.05 Å². The number of rotatable bonds is 6. The minimum Gasteiger partial charge on any atom is -0.339 e. The monoisotopic (exact) mass is 423 g/mol. The topological polar surface area (TPSA) is 107 Å². The second kappa shape index (κ2) is 8.78. The van der Waals surface area contributed by atoms with Crippen LogP contribution in [0.25, 0.3) is 0 Å². The molecule has 0 spiro atoms. The van der Waals surface area contributed by atoms with Gasteiger partial charge in [0.1, 0.15) is 6.04 Å². The number of hydrogen-bond donors (Lipinski definition) is 1. The first-order chi connectivity index (χ1) is 13.8. The van der Waals surface area contributed by atoms with E-state index in [2.05, 4.69) is 4.90 Å². The lowest BCUT2D eigenvalue weighted by molar-refractivity contribution is -0.136. The van der Waals surface area contributed by atoms with Crippen LogP contribution in [0.15, 0.2) is 29.2 Å². The molecule has 3 rings (SSSR count). The van der Waals surface area contributed by atoms with Crippen molar-refractivity contribution in [2.24, 2.45) is 5.73 Å². The molecule has 2 heterocycles. The highest BCUT2D eigenvalue weighted by Gasteiger charge is 2.35. The van der Waals surface area contributed by atoms with Gasteiger partial charge < -0.3 is 20.4 Å². The molecule has 2 amide bonds. The Labute approximate surface area is 172 Å². The molecule has 29 heavy (non-hydrogen) atoms. The van der Waals surface area contributed by atoms with Gasteiger partial charge in [0, 0.05) is 58.4 Å². The van der Waals surface area contributed by atoms with Crippen LogP contribution in [-0.2, 0) is 19.6 Å². The van der Waals surface area contributed by atoms with Crippen molar-refractivity contribution in [2.75, 3.05) is 58.3 Å². The number of piperazine rings is 1. The van der Waals surface area contributed by atoms with Gasteiger partial charge in [0.25, 0.3) is 0 Å². The van der Waals surface area contributed by atoms with Crippen molar-refractivity contribution in [3.63, 3.8) is 0 Å². The molecule has 0 aliphatic carbocycles. The predicted octanol–water partition coefficient (Wildman–Crippen LogP) is -0.465. The molecule has 1 atom stereocenters. The van der Waals surface area contributed by atoms with Crippen LogP contribution in [-0.4, -0.2) is 93.7 Å². The highest BCUT2D eigenvalue weighted by Crippen LogP contribution is 2.26. The summed E-state index contributed by atoms with van der Waals surface area (Å²) in [7, 11) is -0.590. The lowest BCUT2D eigenvalue weighted by atomic mass is 10.2. The number of carbonyl (C=O) groups excluding carboxylic acids is 2. The average molecular weight is 424 g/mol. The van der Waals surface area contributed by atoms with Crippen LogP contribution < -0.4 is 10.6 Å². The number of benzene rings is 1. The van der Waals surface area contributed by atoms with Gasteiger partial charge in [0.2, 0.25) is 21.8 Å². The summed E-state index contributed by atoms with van der Waals surface area (Å²) in [6, 6.07) is 5.33. The lowest BCUT2D eigenvalue weighted by Crippen LogP contribution is -2.56. The Morgan fingerprint density at radius 3 is 2.48 bits per heavy atom. The van der Waals surface area contributed by atoms with Crippen molar-refractivity contribution in [3.05, 3.63) is 24.3 Å². The first-order valence-corrected chi connectivity index (χ1v) is 11.3.